The molecule has 0 bridgehead atoms. The van der Waals surface area contributed by atoms with Crippen LogP contribution in [0.15, 0.2) is 54.6 Å². The fourth-order valence-corrected chi connectivity index (χ4v) is 5.64. The molecule has 0 aliphatic carbocycles. The molecule has 0 saturated heterocycles. The van der Waals surface area contributed by atoms with Gasteiger partial charge in [0, 0.05) is 26.7 Å². The summed E-state index contributed by atoms with van der Waals surface area (Å²) in [5, 5.41) is 20.3. The van der Waals surface area contributed by atoms with Gasteiger partial charge in [0.25, 0.3) is 10.1 Å². The Labute approximate surface area is 186 Å². The molecule has 0 aromatic heterocycles. The Balaban J connectivity index is 2.63. The van der Waals surface area contributed by atoms with Crippen LogP contribution in [0.1, 0.15) is 16.7 Å². The van der Waals surface area contributed by atoms with Crippen molar-refractivity contribution >= 4 is 56.5 Å². The highest BCUT2D eigenvalue weighted by Crippen LogP contribution is 2.53. The first-order valence-corrected chi connectivity index (χ1v) is 10.9. The van der Waals surface area contributed by atoms with Crippen molar-refractivity contribution in [3.05, 3.63) is 91.4 Å². The molecule has 0 radical (unpaired) electrons. The normalized spacial score (nSPS) is 13.8. The zero-order chi connectivity index (χ0) is 21.6. The van der Waals surface area contributed by atoms with Crippen molar-refractivity contribution in [1.82, 2.24) is 0 Å². The van der Waals surface area contributed by atoms with Crippen LogP contribution in [0.4, 0.5) is 0 Å². The van der Waals surface area contributed by atoms with E-state index in [1.807, 2.05) is 0 Å². The van der Waals surface area contributed by atoms with Gasteiger partial charge in [0.2, 0.25) is 0 Å². The number of hydrogen-bond acceptors (Lipinski definition) is 4. The molecule has 0 saturated carbocycles. The summed E-state index contributed by atoms with van der Waals surface area (Å²) in [7, 11) is -5.12. The Morgan fingerprint density at radius 1 is 0.759 bits per heavy atom. The molecule has 29 heavy (non-hydrogen) atoms. The Morgan fingerprint density at radius 3 is 1.97 bits per heavy atom. The van der Waals surface area contributed by atoms with Gasteiger partial charge in [-0.2, -0.15) is 8.42 Å². The van der Waals surface area contributed by atoms with Crippen LogP contribution in [0.5, 0.6) is 11.5 Å². The molecule has 0 spiro atoms. The van der Waals surface area contributed by atoms with E-state index in [0.717, 1.165) is 6.07 Å². The first-order chi connectivity index (χ1) is 13.5. The second-order valence-electron chi connectivity index (χ2n) is 6.06. The Hall–Kier alpha value is -1.67. The molecular formula is C19H12Cl4O5S. The van der Waals surface area contributed by atoms with E-state index < -0.39 is 31.4 Å². The van der Waals surface area contributed by atoms with Gasteiger partial charge in [-0.25, -0.2) is 0 Å². The molecule has 5 nitrogen and oxygen atoms in total. The van der Waals surface area contributed by atoms with Crippen molar-refractivity contribution in [2.75, 3.05) is 0 Å². The van der Waals surface area contributed by atoms with Crippen LogP contribution in [0.3, 0.4) is 0 Å². The number of phenols is 2. The molecule has 3 N–H and O–H groups in total. The molecule has 3 aromatic rings. The largest absolute Gasteiger partial charge is 0.508 e. The quantitative estimate of drug-likeness (QED) is 0.311. The third-order valence-corrected chi connectivity index (χ3v) is 7.11. The highest BCUT2D eigenvalue weighted by molar-refractivity contribution is 7.87. The van der Waals surface area contributed by atoms with Crippen LogP contribution in [0.25, 0.3) is 0 Å². The minimum absolute atomic E-state index is 0.0371. The lowest BCUT2D eigenvalue weighted by molar-refractivity contribution is 0.439. The second-order valence-corrected chi connectivity index (χ2v) is 9.25. The van der Waals surface area contributed by atoms with Crippen molar-refractivity contribution in [2.24, 2.45) is 0 Å². The number of hydrogen-bond donors (Lipinski definition) is 3. The molecule has 0 aliphatic heterocycles. The number of rotatable bonds is 4. The van der Waals surface area contributed by atoms with Gasteiger partial charge in [-0.3, -0.25) is 4.55 Å². The standard InChI is InChI=1S/C19H12Cl4O5S/c20-10-5-6-12(16(24)9-10)19(29(26,27)28,11-3-1-2-4-14(11)21)13-7-8-15(22)18(25)17(13)23/h1-9,24-25H,(H,26,27,28). The van der Waals surface area contributed by atoms with E-state index in [2.05, 4.69) is 0 Å². The van der Waals surface area contributed by atoms with Gasteiger partial charge in [-0.1, -0.05) is 76.7 Å². The Kier molecular flexibility index (Phi) is 5.98. The zero-order valence-corrected chi connectivity index (χ0v) is 18.1. The smallest absolute Gasteiger partial charge is 0.283 e. The van der Waals surface area contributed by atoms with Gasteiger partial charge in [0.05, 0.1) is 10.0 Å². The van der Waals surface area contributed by atoms with Crippen LogP contribution in [0.2, 0.25) is 20.1 Å². The number of aromatic hydroxyl groups is 2. The lowest BCUT2D eigenvalue weighted by atomic mass is 9.83. The summed E-state index contributed by atoms with van der Waals surface area (Å²) in [6.07, 6.45) is 0. The fraction of sp³-hybridized carbons (Fsp3) is 0.0526. The second kappa shape index (κ2) is 7.87. The third-order valence-electron chi connectivity index (χ3n) is 4.43. The van der Waals surface area contributed by atoms with Crippen LogP contribution in [0, 0.1) is 0 Å². The summed E-state index contributed by atoms with van der Waals surface area (Å²) >= 11 is 24.4. The van der Waals surface area contributed by atoms with Crippen molar-refractivity contribution in [3.63, 3.8) is 0 Å². The summed E-state index contributed by atoms with van der Waals surface area (Å²) < 4.78 is 33.9. The van der Waals surface area contributed by atoms with Gasteiger partial charge in [0.15, 0.2) is 10.5 Å². The molecule has 0 fully saturated rings. The lowest BCUT2D eigenvalue weighted by Gasteiger charge is -2.34. The molecule has 3 rings (SSSR count). The van der Waals surface area contributed by atoms with Crippen molar-refractivity contribution in [3.8, 4) is 11.5 Å². The predicted molar refractivity (Wildman–Crippen MR) is 114 cm³/mol. The highest BCUT2D eigenvalue weighted by atomic mass is 35.5. The molecule has 3 aromatic carbocycles. The Morgan fingerprint density at radius 2 is 1.38 bits per heavy atom. The number of benzene rings is 3. The van der Waals surface area contributed by atoms with Crippen molar-refractivity contribution in [2.45, 2.75) is 4.75 Å². The van der Waals surface area contributed by atoms with Crippen molar-refractivity contribution in [1.29, 1.82) is 0 Å². The first kappa shape index (κ1) is 22.0. The van der Waals surface area contributed by atoms with E-state index >= 15 is 0 Å². The van der Waals surface area contributed by atoms with Crippen LogP contribution in [-0.4, -0.2) is 23.2 Å². The topological polar surface area (TPSA) is 94.8 Å². The van der Waals surface area contributed by atoms with Gasteiger partial charge in [-0.05, 0) is 24.3 Å². The third kappa shape index (κ3) is 3.54. The molecule has 10 heteroatoms. The summed E-state index contributed by atoms with van der Waals surface area (Å²) in [5.41, 5.74) is -0.652. The van der Waals surface area contributed by atoms with Crippen LogP contribution >= 0.6 is 46.4 Å². The van der Waals surface area contributed by atoms with Gasteiger partial charge in [0.1, 0.15) is 5.75 Å². The summed E-state index contributed by atoms with van der Waals surface area (Å²) in [6.45, 7) is 0. The average molecular weight is 494 g/mol. The summed E-state index contributed by atoms with van der Waals surface area (Å²) in [6, 6.07) is 11.9. The predicted octanol–water partition coefficient (Wildman–Crippen LogP) is 5.89. The maximum absolute atomic E-state index is 13.0. The molecule has 1 atom stereocenters. The first-order valence-electron chi connectivity index (χ1n) is 7.90. The Bertz CT molecular complexity index is 1210. The summed E-state index contributed by atoms with van der Waals surface area (Å²) in [4.78, 5) is 0. The number of phenolic OH excluding ortho intramolecular Hbond substituents is 2. The minimum Gasteiger partial charge on any atom is -0.508 e. The fourth-order valence-electron chi connectivity index (χ4n) is 3.21. The SMILES string of the molecule is O=S(=O)(O)C(c1ccc(Cl)cc1O)(c1ccccc1Cl)c1ccc(Cl)c(O)c1Cl. The van der Waals surface area contributed by atoms with Gasteiger partial charge < -0.3 is 10.2 Å². The zero-order valence-electron chi connectivity index (χ0n) is 14.3. The minimum atomic E-state index is -5.12. The maximum Gasteiger partial charge on any atom is 0.283 e. The van der Waals surface area contributed by atoms with E-state index in [-0.39, 0.29) is 31.8 Å². The van der Waals surface area contributed by atoms with Gasteiger partial charge in [-0.15, -0.1) is 0 Å². The van der Waals surface area contributed by atoms with E-state index in [9.17, 15) is 23.2 Å². The molecule has 1 unspecified atom stereocenters. The highest BCUT2D eigenvalue weighted by Gasteiger charge is 2.52. The molecule has 0 amide bonds. The number of halogens is 4. The molecular weight excluding hydrogens is 482 g/mol. The van der Waals surface area contributed by atoms with E-state index in [0.29, 0.717) is 0 Å². The van der Waals surface area contributed by atoms with E-state index in [4.69, 9.17) is 46.4 Å². The molecule has 152 valence electrons. The molecule has 0 aliphatic rings. The lowest BCUT2D eigenvalue weighted by Crippen LogP contribution is -2.39. The monoisotopic (exact) mass is 492 g/mol. The van der Waals surface area contributed by atoms with Crippen LogP contribution < -0.4 is 0 Å². The maximum atomic E-state index is 13.0. The average Bonchev–Trinajstić information content (AvgIpc) is 2.63. The summed E-state index contributed by atoms with van der Waals surface area (Å²) in [5.74, 6) is -1.14. The van der Waals surface area contributed by atoms with E-state index in [1.165, 1.54) is 42.5 Å². The van der Waals surface area contributed by atoms with Crippen LogP contribution in [-0.2, 0) is 14.9 Å². The van der Waals surface area contributed by atoms with Crippen molar-refractivity contribution < 1.29 is 23.2 Å². The van der Waals surface area contributed by atoms with E-state index in [1.54, 1.807) is 6.07 Å². The van der Waals surface area contributed by atoms with Gasteiger partial charge >= 0.3 is 0 Å². The molecule has 0 heterocycles.